The maximum Gasteiger partial charge on any atom is 0.0738 e. The number of aromatic nitrogens is 2. The van der Waals surface area contributed by atoms with E-state index < -0.39 is 0 Å². The summed E-state index contributed by atoms with van der Waals surface area (Å²) in [5.74, 6) is 1.44. The predicted molar refractivity (Wildman–Crippen MR) is 78.5 cm³/mol. The first-order chi connectivity index (χ1) is 8.67. The molecule has 0 amide bonds. The Labute approximate surface area is 118 Å². The minimum Gasteiger partial charge on any atom is -0.330 e. The molecule has 1 aromatic heterocycles. The van der Waals surface area contributed by atoms with Crippen LogP contribution >= 0.6 is 15.9 Å². The number of aryl methyl sites for hydroxylation is 2. The number of halogens is 1. The van der Waals surface area contributed by atoms with Crippen molar-refractivity contribution in [2.24, 2.45) is 17.6 Å². The van der Waals surface area contributed by atoms with Crippen molar-refractivity contribution in [3.8, 4) is 0 Å². The number of hydrogen-bond donors (Lipinski definition) is 1. The zero-order valence-corrected chi connectivity index (χ0v) is 13.0. The fourth-order valence-corrected chi connectivity index (χ4v) is 3.63. The average Bonchev–Trinajstić information content (AvgIpc) is 2.98. The maximum absolute atomic E-state index is 6.00. The zero-order valence-electron chi connectivity index (χ0n) is 11.5. The average molecular weight is 314 g/mol. The maximum atomic E-state index is 6.00. The van der Waals surface area contributed by atoms with Gasteiger partial charge in [-0.2, -0.15) is 5.10 Å². The van der Waals surface area contributed by atoms with Crippen molar-refractivity contribution in [1.82, 2.24) is 9.78 Å². The molecule has 0 bridgehead atoms. The molecule has 0 radical (unpaired) electrons. The Hall–Kier alpha value is -0.350. The molecular formula is C14H24BrN3. The topological polar surface area (TPSA) is 43.8 Å². The van der Waals surface area contributed by atoms with Crippen LogP contribution in [0.4, 0.5) is 0 Å². The molecule has 0 spiro atoms. The second-order valence-corrected chi connectivity index (χ2v) is 6.20. The number of nitrogens with zero attached hydrogens (tertiary/aromatic N) is 2. The van der Waals surface area contributed by atoms with Gasteiger partial charge in [-0.1, -0.05) is 25.7 Å². The number of hydrogen-bond acceptors (Lipinski definition) is 2. The highest BCUT2D eigenvalue weighted by Crippen LogP contribution is 2.34. The lowest BCUT2D eigenvalue weighted by molar-refractivity contribution is 0.336. The van der Waals surface area contributed by atoms with E-state index in [0.717, 1.165) is 31.1 Å². The molecule has 1 aromatic rings. The summed E-state index contributed by atoms with van der Waals surface area (Å²) in [7, 11) is 0. The Bertz CT molecular complexity index is 394. The molecule has 1 heterocycles. The van der Waals surface area contributed by atoms with Crippen molar-refractivity contribution >= 4 is 15.9 Å². The summed E-state index contributed by atoms with van der Waals surface area (Å²) in [5, 5.41) is 4.57. The summed E-state index contributed by atoms with van der Waals surface area (Å²) < 4.78 is 3.30. The molecule has 1 unspecified atom stereocenters. The molecular weight excluding hydrogens is 290 g/mol. The van der Waals surface area contributed by atoms with Crippen LogP contribution in [0, 0.1) is 18.8 Å². The van der Waals surface area contributed by atoms with Crippen LogP contribution in [0.5, 0.6) is 0 Å². The number of rotatable bonds is 5. The van der Waals surface area contributed by atoms with Gasteiger partial charge in [0.25, 0.3) is 0 Å². The van der Waals surface area contributed by atoms with E-state index in [9.17, 15) is 0 Å². The van der Waals surface area contributed by atoms with E-state index >= 15 is 0 Å². The molecule has 3 nitrogen and oxygen atoms in total. The predicted octanol–water partition coefficient (Wildman–Crippen LogP) is 3.28. The van der Waals surface area contributed by atoms with Crippen molar-refractivity contribution in [2.45, 2.75) is 52.5 Å². The molecule has 1 fully saturated rings. The molecule has 2 N–H and O–H groups in total. The SMILES string of the molecule is CCn1nc(C)c(Br)c1CC(CN)C1CCCC1. The molecule has 0 aliphatic heterocycles. The molecule has 0 aromatic carbocycles. The molecule has 18 heavy (non-hydrogen) atoms. The van der Waals surface area contributed by atoms with E-state index in [1.807, 2.05) is 0 Å². The van der Waals surface area contributed by atoms with Crippen LogP contribution in [0.3, 0.4) is 0 Å². The van der Waals surface area contributed by atoms with Crippen LogP contribution in [0.1, 0.15) is 44.0 Å². The van der Waals surface area contributed by atoms with Gasteiger partial charge in [0.1, 0.15) is 0 Å². The largest absolute Gasteiger partial charge is 0.330 e. The van der Waals surface area contributed by atoms with Gasteiger partial charge in [-0.3, -0.25) is 4.68 Å². The Morgan fingerprint density at radius 3 is 2.67 bits per heavy atom. The van der Waals surface area contributed by atoms with Crippen LogP contribution in [0.2, 0.25) is 0 Å². The van der Waals surface area contributed by atoms with E-state index in [1.165, 1.54) is 35.8 Å². The van der Waals surface area contributed by atoms with Gasteiger partial charge in [-0.05, 0) is 54.6 Å². The highest BCUT2D eigenvalue weighted by molar-refractivity contribution is 9.10. The summed E-state index contributed by atoms with van der Waals surface area (Å²) in [6.45, 7) is 5.94. The Morgan fingerprint density at radius 2 is 2.11 bits per heavy atom. The Balaban J connectivity index is 2.15. The van der Waals surface area contributed by atoms with Crippen molar-refractivity contribution in [3.05, 3.63) is 15.9 Å². The van der Waals surface area contributed by atoms with E-state index in [2.05, 4.69) is 39.6 Å². The third-order valence-electron chi connectivity index (χ3n) is 4.28. The summed E-state index contributed by atoms with van der Waals surface area (Å²) in [6.07, 6.45) is 6.55. The summed E-state index contributed by atoms with van der Waals surface area (Å²) in [4.78, 5) is 0. The van der Waals surface area contributed by atoms with Crippen LogP contribution in [-0.4, -0.2) is 16.3 Å². The third kappa shape index (κ3) is 2.80. The van der Waals surface area contributed by atoms with Crippen molar-refractivity contribution < 1.29 is 0 Å². The molecule has 2 rings (SSSR count). The summed E-state index contributed by atoms with van der Waals surface area (Å²) in [5.41, 5.74) is 8.43. The standard InChI is InChI=1S/C14H24BrN3/c1-3-18-13(14(15)10(2)17-18)8-12(9-16)11-6-4-5-7-11/h11-12H,3-9,16H2,1-2H3. The molecule has 4 heteroatoms. The fraction of sp³-hybridized carbons (Fsp3) is 0.786. The van der Waals surface area contributed by atoms with E-state index in [4.69, 9.17) is 5.73 Å². The minimum atomic E-state index is 0.616. The Morgan fingerprint density at radius 1 is 1.44 bits per heavy atom. The van der Waals surface area contributed by atoms with Crippen molar-refractivity contribution in [3.63, 3.8) is 0 Å². The van der Waals surface area contributed by atoms with Gasteiger partial charge < -0.3 is 5.73 Å². The van der Waals surface area contributed by atoms with Gasteiger partial charge in [0.2, 0.25) is 0 Å². The van der Waals surface area contributed by atoms with Crippen LogP contribution in [0.25, 0.3) is 0 Å². The third-order valence-corrected chi connectivity index (χ3v) is 5.31. The molecule has 1 aliphatic rings. The zero-order chi connectivity index (χ0) is 13.1. The first kappa shape index (κ1) is 14.1. The van der Waals surface area contributed by atoms with Gasteiger partial charge in [-0.25, -0.2) is 0 Å². The highest BCUT2D eigenvalue weighted by Gasteiger charge is 2.26. The van der Waals surface area contributed by atoms with E-state index in [1.54, 1.807) is 0 Å². The van der Waals surface area contributed by atoms with Gasteiger partial charge >= 0.3 is 0 Å². The monoisotopic (exact) mass is 313 g/mol. The van der Waals surface area contributed by atoms with Crippen molar-refractivity contribution in [1.29, 1.82) is 0 Å². The first-order valence-corrected chi connectivity index (χ1v) is 7.88. The van der Waals surface area contributed by atoms with E-state index in [0.29, 0.717) is 5.92 Å². The van der Waals surface area contributed by atoms with Crippen LogP contribution in [-0.2, 0) is 13.0 Å². The van der Waals surface area contributed by atoms with Crippen LogP contribution in [0.15, 0.2) is 4.47 Å². The van der Waals surface area contributed by atoms with E-state index in [-0.39, 0.29) is 0 Å². The minimum absolute atomic E-state index is 0.616. The number of nitrogens with two attached hydrogens (primary N) is 1. The van der Waals surface area contributed by atoms with Gasteiger partial charge in [0.15, 0.2) is 0 Å². The second kappa shape index (κ2) is 6.20. The molecule has 102 valence electrons. The van der Waals surface area contributed by atoms with Crippen LogP contribution < -0.4 is 5.73 Å². The lowest BCUT2D eigenvalue weighted by Gasteiger charge is -2.22. The van der Waals surface area contributed by atoms with Gasteiger partial charge in [0, 0.05) is 6.54 Å². The molecule has 1 aliphatic carbocycles. The second-order valence-electron chi connectivity index (χ2n) is 5.41. The molecule has 1 saturated carbocycles. The lowest BCUT2D eigenvalue weighted by atomic mass is 9.87. The Kier molecular flexibility index (Phi) is 4.84. The van der Waals surface area contributed by atoms with Crippen molar-refractivity contribution in [2.75, 3.05) is 6.54 Å². The summed E-state index contributed by atoms with van der Waals surface area (Å²) >= 11 is 3.68. The smallest absolute Gasteiger partial charge is 0.0738 e. The fourth-order valence-electron chi connectivity index (χ4n) is 3.18. The quantitative estimate of drug-likeness (QED) is 0.906. The van der Waals surface area contributed by atoms with Gasteiger partial charge in [-0.15, -0.1) is 0 Å². The van der Waals surface area contributed by atoms with Gasteiger partial charge in [0.05, 0.1) is 15.9 Å². The molecule has 1 atom stereocenters. The summed E-state index contributed by atoms with van der Waals surface area (Å²) in [6, 6.07) is 0. The lowest BCUT2D eigenvalue weighted by Crippen LogP contribution is -2.25. The highest BCUT2D eigenvalue weighted by atomic mass is 79.9. The normalized spacial score (nSPS) is 18.4. The molecule has 0 saturated heterocycles. The first-order valence-electron chi connectivity index (χ1n) is 7.09.